The van der Waals surface area contributed by atoms with Crippen molar-refractivity contribution in [2.45, 2.75) is 6.42 Å². The summed E-state index contributed by atoms with van der Waals surface area (Å²) in [5.74, 6) is 0. The number of non-ortho nitro benzene ring substituents is 1. The average molecular weight is 511 g/mol. The Hall–Kier alpha value is -3.02. The van der Waals surface area contributed by atoms with Crippen LogP contribution in [0.4, 0.5) is 28.4 Å². The van der Waals surface area contributed by atoms with Crippen LogP contribution in [-0.4, -0.2) is 20.2 Å². The lowest BCUT2D eigenvalue weighted by molar-refractivity contribution is -0.384. The molecule has 0 bridgehead atoms. The van der Waals surface area contributed by atoms with E-state index in [1.165, 1.54) is 23.1 Å². The minimum atomic E-state index is -0.349. The van der Waals surface area contributed by atoms with Gasteiger partial charge in [0.2, 0.25) is 0 Å². The fraction of sp³-hybridized carbons (Fsp3) is 0.100. The van der Waals surface area contributed by atoms with Crippen LogP contribution in [0.5, 0.6) is 0 Å². The minimum Gasteiger partial charge on any atom is -0.341 e. The van der Waals surface area contributed by atoms with Crippen molar-refractivity contribution in [2.75, 3.05) is 11.4 Å². The summed E-state index contributed by atoms with van der Waals surface area (Å²) in [6.45, 7) is 0.786. The molecule has 0 unspecified atom stereocenters. The van der Waals surface area contributed by atoms with E-state index in [4.69, 9.17) is 0 Å². The molecule has 0 amide bonds. The van der Waals surface area contributed by atoms with Crippen LogP contribution in [-0.2, 0) is 17.8 Å². The molecule has 3 aromatic carbocycles. The highest BCUT2D eigenvalue weighted by molar-refractivity contribution is 9.10. The van der Waals surface area contributed by atoms with Crippen LogP contribution in [0.25, 0.3) is 22.2 Å². The zero-order valence-corrected chi connectivity index (χ0v) is 18.9. The highest BCUT2D eigenvalue weighted by atomic mass is 79.9. The van der Waals surface area contributed by atoms with Crippen molar-refractivity contribution in [1.29, 1.82) is 0 Å². The van der Waals surface area contributed by atoms with Crippen molar-refractivity contribution in [1.82, 2.24) is 8.75 Å². The van der Waals surface area contributed by atoms with Gasteiger partial charge in [-0.25, -0.2) is 0 Å². The van der Waals surface area contributed by atoms with E-state index in [1.54, 1.807) is 12.1 Å². The van der Waals surface area contributed by atoms with E-state index in [2.05, 4.69) is 62.6 Å². The first-order valence-electron chi connectivity index (χ1n) is 9.33. The fourth-order valence-corrected chi connectivity index (χ4v) is 5.98. The number of anilines is 2. The molecule has 0 saturated heterocycles. The van der Waals surface area contributed by atoms with Crippen LogP contribution < -0.4 is 4.90 Å². The first-order valence-corrected chi connectivity index (χ1v) is 11.6. The summed E-state index contributed by atoms with van der Waals surface area (Å²) in [7, 11) is 0. The SMILES string of the molecule is O=[N+]([O-])c1ccc2c(c1)CCN2c1ccc(-c2c3c(c(Br)c4nsnc24)N=S=N3)cc1. The number of halogens is 1. The second-order valence-corrected chi connectivity index (χ2v) is 8.98. The molecule has 0 fully saturated rings. The van der Waals surface area contributed by atoms with Crippen molar-refractivity contribution >= 4 is 78.5 Å². The Morgan fingerprint density at radius 2 is 1.81 bits per heavy atom. The van der Waals surface area contributed by atoms with E-state index >= 15 is 0 Å². The zero-order chi connectivity index (χ0) is 21.1. The van der Waals surface area contributed by atoms with Gasteiger partial charge in [0.05, 0.1) is 32.5 Å². The summed E-state index contributed by atoms with van der Waals surface area (Å²) in [5.41, 5.74) is 8.30. The van der Waals surface area contributed by atoms with E-state index in [1.807, 2.05) is 6.07 Å². The lowest BCUT2D eigenvalue weighted by atomic mass is 10.0. The van der Waals surface area contributed by atoms with Crippen LogP contribution in [0.15, 0.2) is 55.7 Å². The summed E-state index contributed by atoms with van der Waals surface area (Å²) < 4.78 is 18.7. The van der Waals surface area contributed by atoms with Crippen LogP contribution in [0.3, 0.4) is 0 Å². The highest BCUT2D eigenvalue weighted by Gasteiger charge is 2.25. The van der Waals surface area contributed by atoms with E-state index in [0.717, 1.165) is 67.9 Å². The second-order valence-electron chi connectivity index (χ2n) is 7.13. The minimum absolute atomic E-state index is 0.132. The van der Waals surface area contributed by atoms with E-state index < -0.39 is 0 Å². The van der Waals surface area contributed by atoms with Gasteiger partial charge in [-0.05, 0) is 51.7 Å². The molecule has 8 nitrogen and oxygen atoms in total. The molecule has 31 heavy (non-hydrogen) atoms. The number of hydrogen-bond acceptors (Lipinski definition) is 8. The maximum absolute atomic E-state index is 11.1. The smallest absolute Gasteiger partial charge is 0.269 e. The average Bonchev–Trinajstić information content (AvgIpc) is 3.53. The fourth-order valence-electron chi connectivity index (χ4n) is 4.07. The predicted molar refractivity (Wildman–Crippen MR) is 126 cm³/mol. The third-order valence-electron chi connectivity index (χ3n) is 5.50. The molecule has 0 saturated carbocycles. The van der Waals surface area contributed by atoms with Crippen LogP contribution >= 0.6 is 27.7 Å². The van der Waals surface area contributed by atoms with Crippen molar-refractivity contribution in [2.24, 2.45) is 8.73 Å². The van der Waals surface area contributed by atoms with Gasteiger partial charge in [-0.3, -0.25) is 10.1 Å². The van der Waals surface area contributed by atoms with E-state index in [0.29, 0.717) is 0 Å². The molecule has 152 valence electrons. The van der Waals surface area contributed by atoms with Crippen molar-refractivity contribution in [3.63, 3.8) is 0 Å². The molecule has 1 aromatic heterocycles. The van der Waals surface area contributed by atoms with Gasteiger partial charge in [0.15, 0.2) is 0 Å². The number of aromatic nitrogens is 2. The molecule has 2 aliphatic heterocycles. The molecule has 4 aromatic rings. The normalized spacial score (nSPS) is 14.0. The molecular formula is C20H11BrN6O2S2. The monoisotopic (exact) mass is 510 g/mol. The van der Waals surface area contributed by atoms with Crippen LogP contribution in [0.2, 0.25) is 0 Å². The summed E-state index contributed by atoms with van der Waals surface area (Å²) in [4.78, 5) is 12.9. The molecular weight excluding hydrogens is 500 g/mol. The van der Waals surface area contributed by atoms with Crippen molar-refractivity contribution in [3.05, 3.63) is 62.6 Å². The van der Waals surface area contributed by atoms with Gasteiger partial charge in [0, 0.05) is 35.6 Å². The third-order valence-corrected chi connectivity index (χ3v) is 7.31. The largest absolute Gasteiger partial charge is 0.341 e. The van der Waals surface area contributed by atoms with E-state index in [9.17, 15) is 10.1 Å². The quantitative estimate of drug-likeness (QED) is 0.205. The van der Waals surface area contributed by atoms with Gasteiger partial charge in [0.25, 0.3) is 5.69 Å². The standard InChI is InChI=1S/C20H11BrN6O2S2/c21-16-19-17(22-30-24-19)15(18-20(16)25-31-23-18)10-1-3-12(4-2-10)26-8-7-11-9-13(27(28)29)5-6-14(11)26/h1-6,9H,7-8H2. The Labute approximate surface area is 192 Å². The van der Waals surface area contributed by atoms with Crippen LogP contribution in [0.1, 0.15) is 5.56 Å². The second kappa shape index (κ2) is 7.01. The van der Waals surface area contributed by atoms with Gasteiger partial charge in [-0.15, -0.1) is 0 Å². The highest BCUT2D eigenvalue weighted by Crippen LogP contribution is 2.50. The summed E-state index contributed by atoms with van der Waals surface area (Å²) in [6.07, 6.45) is 0.779. The summed E-state index contributed by atoms with van der Waals surface area (Å²) in [6, 6.07) is 13.3. The predicted octanol–water partition coefficient (Wildman–Crippen LogP) is 6.45. The Kier molecular flexibility index (Phi) is 4.23. The lowest BCUT2D eigenvalue weighted by Crippen LogP contribution is -2.12. The third kappa shape index (κ3) is 2.84. The number of nitrogens with zero attached hydrogens (tertiary/aromatic N) is 6. The van der Waals surface area contributed by atoms with Gasteiger partial charge in [-0.2, -0.15) is 17.5 Å². The molecule has 0 spiro atoms. The number of fused-ring (bicyclic) bond motifs is 3. The first-order chi connectivity index (χ1) is 15.1. The molecule has 3 heterocycles. The zero-order valence-electron chi connectivity index (χ0n) is 15.6. The molecule has 0 aliphatic carbocycles. The van der Waals surface area contributed by atoms with Gasteiger partial charge in [-0.1, -0.05) is 12.1 Å². The Balaban J connectivity index is 1.41. The molecule has 11 heteroatoms. The molecule has 2 aliphatic rings. The Morgan fingerprint density at radius 1 is 1.03 bits per heavy atom. The first kappa shape index (κ1) is 18.7. The van der Waals surface area contributed by atoms with Gasteiger partial charge < -0.3 is 4.90 Å². The van der Waals surface area contributed by atoms with Crippen molar-refractivity contribution < 1.29 is 4.92 Å². The Bertz CT molecular complexity index is 1480. The lowest BCUT2D eigenvalue weighted by Gasteiger charge is -2.20. The van der Waals surface area contributed by atoms with Crippen molar-refractivity contribution in [3.8, 4) is 11.1 Å². The maximum Gasteiger partial charge on any atom is 0.269 e. The number of nitro benzene ring substituents is 1. The number of nitro groups is 1. The topological polar surface area (TPSA) is 96.9 Å². The summed E-state index contributed by atoms with van der Waals surface area (Å²) in [5, 5.41) is 11.1. The Morgan fingerprint density at radius 3 is 2.61 bits per heavy atom. The van der Waals surface area contributed by atoms with Gasteiger partial charge >= 0.3 is 0 Å². The van der Waals surface area contributed by atoms with Gasteiger partial charge in [0.1, 0.15) is 22.4 Å². The summed E-state index contributed by atoms with van der Waals surface area (Å²) >= 11 is 5.93. The van der Waals surface area contributed by atoms with E-state index in [-0.39, 0.29) is 10.6 Å². The number of hydrogen-bond donors (Lipinski definition) is 0. The van der Waals surface area contributed by atoms with Crippen LogP contribution in [0, 0.1) is 10.1 Å². The number of rotatable bonds is 3. The molecule has 0 N–H and O–H groups in total. The molecule has 0 radical (unpaired) electrons. The maximum atomic E-state index is 11.1. The number of benzene rings is 3. The molecule has 0 atom stereocenters. The molecule has 6 rings (SSSR count).